The lowest BCUT2D eigenvalue weighted by Gasteiger charge is -2.44. The zero-order valence-corrected chi connectivity index (χ0v) is 11.4. The van der Waals surface area contributed by atoms with Crippen LogP contribution < -0.4 is 0 Å². The Morgan fingerprint density at radius 3 is 2.72 bits per heavy atom. The fourth-order valence-corrected chi connectivity index (χ4v) is 5.50. The van der Waals surface area contributed by atoms with E-state index in [1.54, 1.807) is 0 Å². The monoisotopic (exact) mass is 250 g/mol. The molecule has 2 saturated heterocycles. The average Bonchev–Trinajstić information content (AvgIpc) is 2.99. The van der Waals surface area contributed by atoms with Crippen molar-refractivity contribution in [3.05, 3.63) is 0 Å². The van der Waals surface area contributed by atoms with Crippen LogP contribution >= 0.6 is 0 Å². The molecule has 0 N–H and O–H groups in total. The first-order chi connectivity index (χ1) is 8.51. The van der Waals surface area contributed by atoms with E-state index in [2.05, 4.69) is 20.8 Å². The van der Waals surface area contributed by atoms with Crippen LogP contribution in [-0.2, 0) is 14.3 Å². The highest BCUT2D eigenvalue weighted by atomic mass is 16.6. The van der Waals surface area contributed by atoms with E-state index in [1.165, 1.54) is 12.8 Å². The van der Waals surface area contributed by atoms with E-state index in [-0.39, 0.29) is 22.9 Å². The number of carbonyl (C=O) groups excluding carboxylic acids is 1. The molecule has 18 heavy (non-hydrogen) atoms. The van der Waals surface area contributed by atoms with Gasteiger partial charge in [0.2, 0.25) is 0 Å². The predicted octanol–water partition coefficient (Wildman–Crippen LogP) is 2.25. The number of carbonyl (C=O) groups is 1. The minimum Gasteiger partial charge on any atom is -0.465 e. The summed E-state index contributed by atoms with van der Waals surface area (Å²) in [7, 11) is 0. The van der Waals surface area contributed by atoms with Gasteiger partial charge in [-0.1, -0.05) is 20.8 Å². The van der Waals surface area contributed by atoms with E-state index in [0.717, 1.165) is 6.61 Å². The van der Waals surface area contributed by atoms with Gasteiger partial charge in [-0.15, -0.1) is 0 Å². The highest BCUT2D eigenvalue weighted by Crippen LogP contribution is 2.73. The lowest BCUT2D eigenvalue weighted by atomic mass is 9.60. The van der Waals surface area contributed by atoms with E-state index in [0.29, 0.717) is 30.3 Å². The number of cyclic esters (lactones) is 1. The number of hydrogen-bond donors (Lipinski definition) is 0. The summed E-state index contributed by atoms with van der Waals surface area (Å²) in [4.78, 5) is 12.1. The van der Waals surface area contributed by atoms with Gasteiger partial charge in [0.05, 0.1) is 19.1 Å². The topological polar surface area (TPSA) is 38.8 Å². The van der Waals surface area contributed by atoms with Crippen LogP contribution in [0.15, 0.2) is 0 Å². The van der Waals surface area contributed by atoms with Crippen molar-refractivity contribution in [3.63, 3.8) is 0 Å². The fourth-order valence-electron chi connectivity index (χ4n) is 5.50. The second kappa shape index (κ2) is 3.12. The quantitative estimate of drug-likeness (QED) is 0.529. The maximum absolute atomic E-state index is 12.1. The number of epoxide rings is 1. The Hall–Kier alpha value is -0.570. The molecule has 2 aliphatic heterocycles. The van der Waals surface area contributed by atoms with Gasteiger partial charge in [-0.25, -0.2) is 0 Å². The second-order valence-corrected chi connectivity index (χ2v) is 7.33. The molecule has 2 aliphatic carbocycles. The van der Waals surface area contributed by atoms with Crippen molar-refractivity contribution in [3.8, 4) is 0 Å². The molecule has 1 spiro atoms. The SMILES string of the molecule is CC(C)[C@H]1CC[C@@]2(C)[C@@H]3COC(=O)[C@@H]3[C@@H]1C21CO1. The van der Waals surface area contributed by atoms with Crippen molar-refractivity contribution in [1.29, 1.82) is 0 Å². The molecule has 2 saturated carbocycles. The van der Waals surface area contributed by atoms with Crippen LogP contribution in [0, 0.1) is 35.0 Å². The van der Waals surface area contributed by atoms with Crippen LogP contribution in [0.2, 0.25) is 0 Å². The van der Waals surface area contributed by atoms with Crippen LogP contribution in [-0.4, -0.2) is 24.8 Å². The molecule has 1 unspecified atom stereocenters. The Labute approximate surface area is 108 Å². The lowest BCUT2D eigenvalue weighted by molar-refractivity contribution is -0.145. The van der Waals surface area contributed by atoms with E-state index in [4.69, 9.17) is 9.47 Å². The van der Waals surface area contributed by atoms with Gasteiger partial charge < -0.3 is 9.47 Å². The molecule has 6 atom stereocenters. The van der Waals surface area contributed by atoms with Crippen LogP contribution in [0.3, 0.4) is 0 Å². The molecular weight excluding hydrogens is 228 g/mol. The normalized spacial score (nSPS) is 57.0. The summed E-state index contributed by atoms with van der Waals surface area (Å²) in [5.74, 6) is 2.25. The van der Waals surface area contributed by atoms with Crippen LogP contribution in [0.5, 0.6) is 0 Å². The second-order valence-electron chi connectivity index (χ2n) is 7.33. The third-order valence-electron chi connectivity index (χ3n) is 6.59. The van der Waals surface area contributed by atoms with Crippen molar-refractivity contribution in [1.82, 2.24) is 0 Å². The number of ether oxygens (including phenoxy) is 2. The number of esters is 1. The lowest BCUT2D eigenvalue weighted by Crippen LogP contribution is -2.47. The summed E-state index contributed by atoms with van der Waals surface area (Å²) in [6.45, 7) is 8.42. The largest absolute Gasteiger partial charge is 0.465 e. The molecule has 0 amide bonds. The Morgan fingerprint density at radius 2 is 2.11 bits per heavy atom. The molecule has 100 valence electrons. The highest BCUT2D eigenvalue weighted by molar-refractivity contribution is 5.77. The summed E-state index contributed by atoms with van der Waals surface area (Å²) in [5, 5.41) is 0. The molecule has 0 aromatic carbocycles. The summed E-state index contributed by atoms with van der Waals surface area (Å²) < 4.78 is 11.4. The third kappa shape index (κ3) is 1.01. The zero-order valence-electron chi connectivity index (χ0n) is 11.4. The molecule has 2 bridgehead atoms. The summed E-state index contributed by atoms with van der Waals surface area (Å²) in [6.07, 6.45) is 2.45. The molecule has 4 rings (SSSR count). The van der Waals surface area contributed by atoms with E-state index in [1.807, 2.05) is 0 Å². The third-order valence-corrected chi connectivity index (χ3v) is 6.59. The van der Waals surface area contributed by atoms with E-state index < -0.39 is 0 Å². The van der Waals surface area contributed by atoms with E-state index in [9.17, 15) is 4.79 Å². The molecule has 0 aromatic heterocycles. The van der Waals surface area contributed by atoms with Crippen molar-refractivity contribution in [2.24, 2.45) is 35.0 Å². The van der Waals surface area contributed by atoms with Crippen molar-refractivity contribution >= 4 is 5.97 Å². The number of rotatable bonds is 1. The van der Waals surface area contributed by atoms with Gasteiger partial charge in [-0.2, -0.15) is 0 Å². The average molecular weight is 250 g/mol. The molecule has 3 heteroatoms. The Kier molecular flexibility index (Phi) is 1.95. The predicted molar refractivity (Wildman–Crippen MR) is 65.8 cm³/mol. The minimum absolute atomic E-state index is 0.0228. The van der Waals surface area contributed by atoms with Crippen LogP contribution in [0.1, 0.15) is 33.6 Å². The van der Waals surface area contributed by atoms with Gasteiger partial charge in [-0.05, 0) is 24.7 Å². The summed E-state index contributed by atoms with van der Waals surface area (Å²) >= 11 is 0. The molecule has 2 heterocycles. The standard InChI is InChI=1S/C15H22O3/c1-8(2)9-4-5-14(3)10-6-17-13(16)11(10)12(9)15(14)7-18-15/h8-12H,4-7H2,1-3H3/t9-,10-,11+,12-,14+,15?/m1/s1. The van der Waals surface area contributed by atoms with Gasteiger partial charge in [-0.3, -0.25) is 4.79 Å². The van der Waals surface area contributed by atoms with Gasteiger partial charge in [0.15, 0.2) is 0 Å². The number of fused-ring (bicyclic) bond motifs is 3. The maximum atomic E-state index is 12.1. The maximum Gasteiger partial charge on any atom is 0.309 e. The van der Waals surface area contributed by atoms with Crippen LogP contribution in [0.25, 0.3) is 0 Å². The zero-order chi connectivity index (χ0) is 12.7. The first-order valence-corrected chi connectivity index (χ1v) is 7.32. The number of hydrogen-bond acceptors (Lipinski definition) is 3. The molecule has 0 aromatic rings. The Bertz CT molecular complexity index is 412. The summed E-state index contributed by atoms with van der Waals surface area (Å²) in [6, 6.07) is 0. The van der Waals surface area contributed by atoms with Gasteiger partial charge in [0.25, 0.3) is 0 Å². The fraction of sp³-hybridized carbons (Fsp3) is 0.933. The Balaban J connectivity index is 1.83. The van der Waals surface area contributed by atoms with Crippen LogP contribution in [0.4, 0.5) is 0 Å². The minimum atomic E-state index is 0.0228. The summed E-state index contributed by atoms with van der Waals surface area (Å²) in [5.41, 5.74) is 0.203. The first kappa shape index (κ1) is 11.3. The molecule has 4 aliphatic rings. The van der Waals surface area contributed by atoms with Gasteiger partial charge in [0, 0.05) is 17.3 Å². The van der Waals surface area contributed by atoms with Crippen molar-refractivity contribution < 1.29 is 14.3 Å². The molecule has 3 nitrogen and oxygen atoms in total. The van der Waals surface area contributed by atoms with Crippen molar-refractivity contribution in [2.45, 2.75) is 39.2 Å². The molecule has 4 fully saturated rings. The first-order valence-electron chi connectivity index (χ1n) is 7.32. The Morgan fingerprint density at radius 1 is 1.39 bits per heavy atom. The van der Waals surface area contributed by atoms with Crippen molar-refractivity contribution in [2.75, 3.05) is 13.2 Å². The highest BCUT2D eigenvalue weighted by Gasteiger charge is 2.79. The van der Waals surface area contributed by atoms with E-state index >= 15 is 0 Å². The molecule has 0 radical (unpaired) electrons. The van der Waals surface area contributed by atoms with Gasteiger partial charge in [0.1, 0.15) is 5.60 Å². The van der Waals surface area contributed by atoms with Gasteiger partial charge >= 0.3 is 5.97 Å². The smallest absolute Gasteiger partial charge is 0.309 e. The molecular formula is C15H22O3.